The van der Waals surface area contributed by atoms with E-state index in [0.717, 1.165) is 11.1 Å². The van der Waals surface area contributed by atoms with Gasteiger partial charge < -0.3 is 23.7 Å². The Labute approximate surface area is 205 Å². The smallest absolute Gasteiger partial charge is 0.334 e. The lowest BCUT2D eigenvalue weighted by Crippen LogP contribution is -2.41. The van der Waals surface area contributed by atoms with Gasteiger partial charge in [0.1, 0.15) is 36.1 Å². The van der Waals surface area contributed by atoms with Gasteiger partial charge >= 0.3 is 23.9 Å². The third-order valence-corrected chi connectivity index (χ3v) is 6.79. The summed E-state index contributed by atoms with van der Waals surface area (Å²) >= 11 is 0. The lowest BCUT2D eigenvalue weighted by Gasteiger charge is -2.28. The van der Waals surface area contributed by atoms with Crippen molar-refractivity contribution >= 4 is 23.9 Å². The SMILES string of the molecule is C=C1C(=O)OC2C1C(OC(C)=O)C/C(C)=C/CC(OC(C)=O)/C(C)=C\CC(OC(C)=O)C1(C)OC21. The lowest BCUT2D eigenvalue weighted by atomic mass is 9.82. The zero-order valence-electron chi connectivity index (χ0n) is 21.1. The van der Waals surface area contributed by atoms with Crippen molar-refractivity contribution in [1.29, 1.82) is 0 Å². The molecular formula is C26H34O9. The summed E-state index contributed by atoms with van der Waals surface area (Å²) in [6.07, 6.45) is 1.56. The fourth-order valence-corrected chi connectivity index (χ4v) is 4.90. The summed E-state index contributed by atoms with van der Waals surface area (Å²) in [7, 11) is 0. The van der Waals surface area contributed by atoms with Gasteiger partial charge in [0.15, 0.2) is 0 Å². The summed E-state index contributed by atoms with van der Waals surface area (Å²) in [5.74, 6) is -2.60. The second kappa shape index (κ2) is 10.4. The normalized spacial score (nSPS) is 38.2. The van der Waals surface area contributed by atoms with E-state index >= 15 is 0 Å². The van der Waals surface area contributed by atoms with Crippen LogP contribution >= 0.6 is 0 Å². The summed E-state index contributed by atoms with van der Waals surface area (Å²) < 4.78 is 28.5. The summed E-state index contributed by atoms with van der Waals surface area (Å²) in [4.78, 5) is 48.1. The molecule has 2 heterocycles. The van der Waals surface area contributed by atoms with Crippen LogP contribution in [0.1, 0.15) is 60.8 Å². The average molecular weight is 491 g/mol. The van der Waals surface area contributed by atoms with E-state index in [4.69, 9.17) is 23.7 Å². The van der Waals surface area contributed by atoms with Crippen molar-refractivity contribution in [3.63, 3.8) is 0 Å². The minimum atomic E-state index is -0.941. The quantitative estimate of drug-likeness (QED) is 0.193. The van der Waals surface area contributed by atoms with Gasteiger partial charge in [-0.15, -0.1) is 0 Å². The van der Waals surface area contributed by atoms with Gasteiger partial charge in [-0.3, -0.25) is 14.4 Å². The molecule has 0 saturated carbocycles. The first kappa shape index (κ1) is 26.7. The Hall–Kier alpha value is -2.94. The number of esters is 4. The summed E-state index contributed by atoms with van der Waals surface area (Å²) in [5, 5.41) is 0. The van der Waals surface area contributed by atoms with Crippen LogP contribution in [-0.4, -0.2) is 60.0 Å². The number of rotatable bonds is 3. The molecule has 0 spiro atoms. The fraction of sp³-hybridized carbons (Fsp3) is 0.615. The van der Waals surface area contributed by atoms with Gasteiger partial charge in [0.2, 0.25) is 0 Å². The van der Waals surface area contributed by atoms with E-state index in [-0.39, 0.29) is 5.57 Å². The molecule has 1 aliphatic carbocycles. The number of fused-ring (bicyclic) bond motifs is 3. The molecule has 0 aromatic rings. The Balaban J connectivity index is 2.06. The van der Waals surface area contributed by atoms with Crippen molar-refractivity contribution in [3.05, 3.63) is 35.5 Å². The molecule has 2 saturated heterocycles. The lowest BCUT2D eigenvalue weighted by molar-refractivity contribution is -0.152. The molecule has 0 bridgehead atoms. The molecule has 9 heteroatoms. The minimum absolute atomic E-state index is 0.205. The van der Waals surface area contributed by atoms with E-state index in [1.807, 2.05) is 26.0 Å². The zero-order chi connectivity index (χ0) is 26.1. The van der Waals surface area contributed by atoms with E-state index in [0.29, 0.717) is 19.3 Å². The average Bonchev–Trinajstić information content (AvgIpc) is 3.34. The number of hydrogen-bond acceptors (Lipinski definition) is 9. The van der Waals surface area contributed by atoms with E-state index in [9.17, 15) is 19.2 Å². The molecule has 2 aliphatic heterocycles. The molecule has 9 nitrogen and oxygen atoms in total. The first-order valence-electron chi connectivity index (χ1n) is 11.7. The van der Waals surface area contributed by atoms with Crippen molar-refractivity contribution in [2.75, 3.05) is 0 Å². The van der Waals surface area contributed by atoms with E-state index in [1.54, 1.807) is 6.92 Å². The number of ether oxygens (including phenoxy) is 5. The van der Waals surface area contributed by atoms with Crippen molar-refractivity contribution in [2.45, 2.75) is 96.9 Å². The van der Waals surface area contributed by atoms with Crippen molar-refractivity contribution < 1.29 is 42.9 Å². The molecule has 0 N–H and O–H groups in total. The van der Waals surface area contributed by atoms with Gasteiger partial charge in [-0.2, -0.15) is 0 Å². The van der Waals surface area contributed by atoms with Crippen LogP contribution in [0.25, 0.3) is 0 Å². The zero-order valence-corrected chi connectivity index (χ0v) is 21.1. The Morgan fingerprint density at radius 1 is 1.00 bits per heavy atom. The van der Waals surface area contributed by atoms with Crippen molar-refractivity contribution in [2.24, 2.45) is 5.92 Å². The Morgan fingerprint density at radius 2 is 1.63 bits per heavy atom. The molecule has 0 amide bonds. The number of carbonyl (C=O) groups is 4. The molecule has 0 aromatic heterocycles. The van der Waals surface area contributed by atoms with Crippen LogP contribution in [0.15, 0.2) is 35.5 Å². The highest BCUT2D eigenvalue weighted by Crippen LogP contribution is 2.50. The molecule has 3 aliphatic rings. The third kappa shape index (κ3) is 6.01. The maximum atomic E-state index is 12.5. The van der Waals surface area contributed by atoms with Crippen LogP contribution in [0.3, 0.4) is 0 Å². The minimum Gasteiger partial charge on any atom is -0.461 e. The summed E-state index contributed by atoms with van der Waals surface area (Å²) in [5.41, 5.74) is 0.954. The highest BCUT2D eigenvalue weighted by Gasteiger charge is 2.67. The molecule has 7 atom stereocenters. The number of carbonyl (C=O) groups excluding carboxylic acids is 4. The molecule has 0 aromatic carbocycles. The molecule has 192 valence electrons. The van der Waals surface area contributed by atoms with Gasteiger partial charge in [0.05, 0.1) is 5.92 Å². The predicted octanol–water partition coefficient (Wildman–Crippen LogP) is 3.11. The topological polar surface area (TPSA) is 118 Å². The fourth-order valence-electron chi connectivity index (χ4n) is 4.90. The number of epoxide rings is 1. The molecule has 3 rings (SSSR count). The molecule has 35 heavy (non-hydrogen) atoms. The predicted molar refractivity (Wildman–Crippen MR) is 124 cm³/mol. The van der Waals surface area contributed by atoms with Crippen molar-refractivity contribution in [1.82, 2.24) is 0 Å². The van der Waals surface area contributed by atoms with Crippen LogP contribution in [0.4, 0.5) is 0 Å². The van der Waals surface area contributed by atoms with E-state index in [1.165, 1.54) is 20.8 Å². The van der Waals surface area contributed by atoms with Crippen LogP contribution in [0, 0.1) is 5.92 Å². The first-order valence-corrected chi connectivity index (χ1v) is 11.7. The van der Waals surface area contributed by atoms with Gasteiger partial charge in [-0.05, 0) is 26.3 Å². The molecular weight excluding hydrogens is 456 g/mol. The van der Waals surface area contributed by atoms with Gasteiger partial charge in [-0.25, -0.2) is 4.79 Å². The highest BCUT2D eigenvalue weighted by atomic mass is 16.7. The largest absolute Gasteiger partial charge is 0.461 e. The molecule has 7 unspecified atom stereocenters. The maximum Gasteiger partial charge on any atom is 0.334 e. The van der Waals surface area contributed by atoms with Gasteiger partial charge in [-0.1, -0.05) is 24.3 Å². The molecule has 0 radical (unpaired) electrons. The van der Waals surface area contributed by atoms with Crippen LogP contribution in [-0.2, 0) is 42.9 Å². The Bertz CT molecular complexity index is 977. The van der Waals surface area contributed by atoms with E-state index in [2.05, 4.69) is 6.58 Å². The third-order valence-electron chi connectivity index (χ3n) is 6.79. The second-order valence-electron chi connectivity index (χ2n) is 9.66. The van der Waals surface area contributed by atoms with Crippen LogP contribution < -0.4 is 0 Å². The van der Waals surface area contributed by atoms with Crippen molar-refractivity contribution in [3.8, 4) is 0 Å². The highest BCUT2D eigenvalue weighted by molar-refractivity contribution is 5.91. The first-order chi connectivity index (χ1) is 16.3. The monoisotopic (exact) mass is 490 g/mol. The number of hydrogen-bond donors (Lipinski definition) is 0. The van der Waals surface area contributed by atoms with Gasteiger partial charge in [0, 0.05) is 45.6 Å². The summed E-state index contributed by atoms with van der Waals surface area (Å²) in [6.45, 7) is 13.4. The van der Waals surface area contributed by atoms with Gasteiger partial charge in [0.25, 0.3) is 0 Å². The standard InChI is InChI=1S/C26H34O9/c1-13-8-10-19(31-16(4)27)14(2)9-11-21(33-18(6)29)26(7)24(35-26)23-22(15(3)25(30)34-23)20(12-13)32-17(5)28/h8-9,19-24H,3,10-12H2,1-2,4-7H3/b13-8+,14-9-. The Kier molecular flexibility index (Phi) is 7.89. The Morgan fingerprint density at radius 3 is 2.23 bits per heavy atom. The molecule has 2 fully saturated rings. The summed E-state index contributed by atoms with van der Waals surface area (Å²) in [6, 6.07) is 0. The van der Waals surface area contributed by atoms with Crippen LogP contribution in [0.5, 0.6) is 0 Å². The second-order valence-corrected chi connectivity index (χ2v) is 9.66. The van der Waals surface area contributed by atoms with E-state index < -0.39 is 65.9 Å². The van der Waals surface area contributed by atoms with Crippen LogP contribution in [0.2, 0.25) is 0 Å². The maximum absolute atomic E-state index is 12.5.